The first kappa shape index (κ1) is 34.0. The lowest BCUT2D eigenvalue weighted by atomic mass is 9.80. The molecule has 2 atom stereocenters. The van der Waals surface area contributed by atoms with Crippen LogP contribution in [0.4, 0.5) is 18.9 Å². The number of fused-ring (bicyclic) bond motifs is 1. The fraction of sp³-hybridized carbons (Fsp3) is 0.323. The monoisotopic (exact) mass is 695 g/mol. The van der Waals surface area contributed by atoms with Gasteiger partial charge in [-0.2, -0.15) is 0 Å². The highest BCUT2D eigenvalue weighted by Crippen LogP contribution is 2.55. The minimum atomic E-state index is -5.31. The average molecular weight is 696 g/mol. The summed E-state index contributed by atoms with van der Waals surface area (Å²) >= 11 is 6.46. The van der Waals surface area contributed by atoms with E-state index in [0.717, 1.165) is 25.3 Å². The minimum absolute atomic E-state index is 0.0412. The predicted octanol–water partition coefficient (Wildman–Crippen LogP) is 4.27. The Kier molecular flexibility index (Phi) is 8.71. The number of hydrogen-bond acceptors (Lipinski definition) is 9. The van der Waals surface area contributed by atoms with E-state index in [1.54, 1.807) is 25.1 Å². The molecule has 0 spiro atoms. The number of halogens is 4. The quantitative estimate of drug-likeness (QED) is 0.340. The van der Waals surface area contributed by atoms with Crippen LogP contribution < -0.4 is 18.5 Å². The lowest BCUT2D eigenvalue weighted by Gasteiger charge is -2.41. The Balaban J connectivity index is 1.88. The van der Waals surface area contributed by atoms with Crippen LogP contribution in [0.2, 0.25) is 5.02 Å². The van der Waals surface area contributed by atoms with Crippen molar-refractivity contribution in [2.75, 3.05) is 39.2 Å². The molecule has 2 aliphatic rings. The number of anilines is 1. The van der Waals surface area contributed by atoms with Gasteiger partial charge in [-0.3, -0.25) is 19.3 Å². The standard InChI is InChI=1S/C31H29ClF3N3O8S/c1-17-6-10-25(45-5)22(12-17)30(37-16-19(39)14-24(37)28(40)36(2)3)21-13-18(32)7-9-23(21)38(29(30)41)47(42,43)27-11-8-20(44-4)15-26(27)46-31(33,34)35/h6-13,15,24H,14,16H2,1-5H3/t24-,30?/m0/s1. The second kappa shape index (κ2) is 12.0. The van der Waals surface area contributed by atoms with Crippen molar-refractivity contribution in [1.82, 2.24) is 9.80 Å². The molecule has 2 aliphatic heterocycles. The Bertz CT molecular complexity index is 1900. The van der Waals surface area contributed by atoms with E-state index in [0.29, 0.717) is 9.87 Å². The molecular formula is C31H29ClF3N3O8S. The Hall–Kier alpha value is -4.34. The normalized spacial score (nSPS) is 19.9. The summed E-state index contributed by atoms with van der Waals surface area (Å²) in [6, 6.07) is 10.0. The number of amides is 2. The van der Waals surface area contributed by atoms with Crippen molar-refractivity contribution in [2.24, 2.45) is 0 Å². The molecule has 47 heavy (non-hydrogen) atoms. The summed E-state index contributed by atoms with van der Waals surface area (Å²) < 4.78 is 84.7. The van der Waals surface area contributed by atoms with Crippen LogP contribution in [0.3, 0.4) is 0 Å². The van der Waals surface area contributed by atoms with Gasteiger partial charge in [-0.15, -0.1) is 13.2 Å². The fourth-order valence-corrected chi connectivity index (χ4v) is 7.81. The number of likely N-dealkylation sites (tertiary alicyclic amines) is 1. The maximum Gasteiger partial charge on any atom is 0.573 e. The molecule has 16 heteroatoms. The van der Waals surface area contributed by atoms with Crippen molar-refractivity contribution in [3.63, 3.8) is 0 Å². The van der Waals surface area contributed by atoms with E-state index in [-0.39, 0.29) is 39.8 Å². The Morgan fingerprint density at radius 2 is 1.68 bits per heavy atom. The number of benzene rings is 3. The van der Waals surface area contributed by atoms with E-state index in [9.17, 15) is 31.2 Å². The molecule has 0 N–H and O–H groups in total. The van der Waals surface area contributed by atoms with Crippen LogP contribution in [-0.4, -0.2) is 83.1 Å². The molecule has 1 fully saturated rings. The van der Waals surface area contributed by atoms with Gasteiger partial charge in [0.05, 0.1) is 32.5 Å². The maximum atomic E-state index is 15.2. The molecule has 0 aromatic heterocycles. The lowest BCUT2D eigenvalue weighted by molar-refractivity contribution is -0.275. The molecule has 2 heterocycles. The maximum absolute atomic E-state index is 15.2. The molecule has 250 valence electrons. The number of carbonyl (C=O) groups excluding carboxylic acids is 3. The van der Waals surface area contributed by atoms with Crippen LogP contribution in [0.25, 0.3) is 0 Å². The summed E-state index contributed by atoms with van der Waals surface area (Å²) in [7, 11) is 0.183. The van der Waals surface area contributed by atoms with Crippen LogP contribution in [0.5, 0.6) is 17.2 Å². The molecule has 11 nitrogen and oxygen atoms in total. The second-order valence-electron chi connectivity index (χ2n) is 11.1. The van der Waals surface area contributed by atoms with Crippen LogP contribution in [0, 0.1) is 6.92 Å². The SMILES string of the molecule is COc1ccc(S(=O)(=O)N2C(=O)C(c3cc(C)ccc3OC)(N3CC(=O)C[C@H]3C(=O)N(C)C)c3cc(Cl)ccc32)c(OC(F)(F)F)c1. The fourth-order valence-electron chi connectivity index (χ4n) is 6.08. The number of sulfonamides is 1. The van der Waals surface area contributed by atoms with Gasteiger partial charge in [-0.05, 0) is 49.4 Å². The third-order valence-corrected chi connectivity index (χ3v) is 9.97. The van der Waals surface area contributed by atoms with Gasteiger partial charge in [-0.25, -0.2) is 12.7 Å². The van der Waals surface area contributed by atoms with E-state index in [1.165, 1.54) is 49.2 Å². The summed E-state index contributed by atoms with van der Waals surface area (Å²) in [4.78, 5) is 43.5. The molecule has 0 saturated carbocycles. The first-order valence-corrected chi connectivity index (χ1v) is 15.8. The Morgan fingerprint density at radius 1 is 0.979 bits per heavy atom. The van der Waals surface area contributed by atoms with E-state index in [2.05, 4.69) is 4.74 Å². The number of alkyl halides is 3. The van der Waals surface area contributed by atoms with E-state index in [1.807, 2.05) is 0 Å². The van der Waals surface area contributed by atoms with Crippen molar-refractivity contribution < 1.29 is 50.2 Å². The molecule has 2 amide bonds. The van der Waals surface area contributed by atoms with Gasteiger partial charge in [0.25, 0.3) is 15.9 Å². The smallest absolute Gasteiger partial charge is 0.497 e. The number of methoxy groups -OCH3 is 2. The zero-order chi connectivity index (χ0) is 34.6. The van der Waals surface area contributed by atoms with Gasteiger partial charge in [-0.1, -0.05) is 23.2 Å². The van der Waals surface area contributed by atoms with Crippen LogP contribution in [-0.2, 0) is 29.9 Å². The minimum Gasteiger partial charge on any atom is -0.497 e. The van der Waals surface area contributed by atoms with Crippen LogP contribution >= 0.6 is 11.6 Å². The number of rotatable bonds is 8. The number of hydrogen-bond donors (Lipinski definition) is 0. The first-order chi connectivity index (χ1) is 22.0. The molecule has 1 unspecified atom stereocenters. The molecule has 3 aromatic carbocycles. The van der Waals surface area contributed by atoms with Gasteiger partial charge in [0.2, 0.25) is 5.91 Å². The van der Waals surface area contributed by atoms with E-state index >= 15 is 4.79 Å². The van der Waals surface area contributed by atoms with Gasteiger partial charge in [0.1, 0.15) is 22.2 Å². The van der Waals surface area contributed by atoms with Crippen molar-refractivity contribution in [3.05, 3.63) is 76.3 Å². The molecule has 0 radical (unpaired) electrons. The van der Waals surface area contributed by atoms with Crippen molar-refractivity contribution >= 4 is 44.9 Å². The molecule has 0 bridgehead atoms. The largest absolute Gasteiger partial charge is 0.573 e. The summed E-state index contributed by atoms with van der Waals surface area (Å²) in [5.41, 5.74) is -1.87. The number of aryl methyl sites for hydroxylation is 1. The Labute approximate surface area is 273 Å². The number of nitrogens with zero attached hydrogens (tertiary/aromatic N) is 3. The van der Waals surface area contributed by atoms with Crippen LogP contribution in [0.1, 0.15) is 23.1 Å². The highest BCUT2D eigenvalue weighted by Gasteiger charge is 2.64. The first-order valence-electron chi connectivity index (χ1n) is 14.0. The molecule has 3 aromatic rings. The van der Waals surface area contributed by atoms with Crippen molar-refractivity contribution in [1.29, 1.82) is 0 Å². The van der Waals surface area contributed by atoms with Gasteiger partial charge < -0.3 is 19.1 Å². The zero-order valence-electron chi connectivity index (χ0n) is 25.7. The van der Waals surface area contributed by atoms with E-state index in [4.69, 9.17) is 21.1 Å². The number of Topliss-reactive ketones (excluding diaryl/α,β-unsaturated/α-hetero) is 1. The molecular weight excluding hydrogens is 667 g/mol. The zero-order valence-corrected chi connectivity index (χ0v) is 27.3. The summed E-state index contributed by atoms with van der Waals surface area (Å²) in [6.07, 6.45) is -5.61. The number of ketones is 1. The Morgan fingerprint density at radius 3 is 2.30 bits per heavy atom. The topological polar surface area (TPSA) is 123 Å². The van der Waals surface area contributed by atoms with Gasteiger partial charge in [0.15, 0.2) is 11.3 Å². The summed E-state index contributed by atoms with van der Waals surface area (Å²) in [5, 5.41) is 0.0679. The third kappa shape index (κ3) is 5.65. The van der Waals surface area contributed by atoms with Crippen molar-refractivity contribution in [2.45, 2.75) is 36.2 Å². The van der Waals surface area contributed by atoms with Gasteiger partial charge >= 0.3 is 6.36 Å². The average Bonchev–Trinajstić information content (AvgIpc) is 3.50. The highest BCUT2D eigenvalue weighted by atomic mass is 35.5. The summed E-state index contributed by atoms with van der Waals surface area (Å²) in [5.74, 6) is -3.36. The third-order valence-electron chi connectivity index (χ3n) is 8.00. The van der Waals surface area contributed by atoms with Crippen molar-refractivity contribution in [3.8, 4) is 17.2 Å². The second-order valence-corrected chi connectivity index (χ2v) is 13.3. The molecule has 5 rings (SSSR count). The number of ether oxygens (including phenoxy) is 3. The van der Waals surface area contributed by atoms with Gasteiger partial charge in [0, 0.05) is 42.7 Å². The molecule has 1 saturated heterocycles. The van der Waals surface area contributed by atoms with Crippen LogP contribution in [0.15, 0.2) is 59.5 Å². The number of carbonyl (C=O) groups is 3. The highest BCUT2D eigenvalue weighted by molar-refractivity contribution is 7.93. The predicted molar refractivity (Wildman–Crippen MR) is 163 cm³/mol. The lowest BCUT2D eigenvalue weighted by Crippen LogP contribution is -2.59. The van der Waals surface area contributed by atoms with E-state index < -0.39 is 62.8 Å². The molecule has 0 aliphatic carbocycles. The summed E-state index contributed by atoms with van der Waals surface area (Å²) in [6.45, 7) is 1.25. The number of likely N-dealkylation sites (N-methyl/N-ethyl adjacent to an activating group) is 1.